The second-order valence-corrected chi connectivity index (χ2v) is 4.40. The molecule has 0 aliphatic carbocycles. The SMILES string of the molecule is Cc1ccc(F)c(C(=O)Nc2ccc(C)c(F)c2)c1. The van der Waals surface area contributed by atoms with Crippen LogP contribution in [0.1, 0.15) is 21.5 Å². The lowest BCUT2D eigenvalue weighted by molar-refractivity contribution is 0.102. The zero-order chi connectivity index (χ0) is 14.0. The summed E-state index contributed by atoms with van der Waals surface area (Å²) in [5.74, 6) is -1.61. The molecule has 0 saturated carbocycles. The van der Waals surface area contributed by atoms with Gasteiger partial charge >= 0.3 is 0 Å². The fraction of sp³-hybridized carbons (Fsp3) is 0.133. The van der Waals surface area contributed by atoms with Crippen molar-refractivity contribution in [3.63, 3.8) is 0 Å². The summed E-state index contributed by atoms with van der Waals surface area (Å²) in [5.41, 5.74) is 1.51. The number of halogens is 2. The summed E-state index contributed by atoms with van der Waals surface area (Å²) in [6.07, 6.45) is 0. The van der Waals surface area contributed by atoms with E-state index in [2.05, 4.69) is 5.32 Å². The van der Waals surface area contributed by atoms with Crippen molar-refractivity contribution in [1.82, 2.24) is 0 Å². The van der Waals surface area contributed by atoms with E-state index in [9.17, 15) is 13.6 Å². The molecule has 0 spiro atoms. The van der Waals surface area contributed by atoms with E-state index in [1.165, 1.54) is 18.2 Å². The zero-order valence-corrected chi connectivity index (χ0v) is 10.6. The Bertz CT molecular complexity index is 638. The predicted molar refractivity (Wildman–Crippen MR) is 70.2 cm³/mol. The van der Waals surface area contributed by atoms with E-state index < -0.39 is 17.5 Å². The Morgan fingerprint density at radius 1 is 1.00 bits per heavy atom. The molecule has 2 nitrogen and oxygen atoms in total. The number of carbonyl (C=O) groups is 1. The number of hydrogen-bond acceptors (Lipinski definition) is 1. The van der Waals surface area contributed by atoms with Crippen LogP contribution in [0.5, 0.6) is 0 Å². The van der Waals surface area contributed by atoms with Gasteiger partial charge in [0.15, 0.2) is 0 Å². The van der Waals surface area contributed by atoms with Crippen LogP contribution in [-0.4, -0.2) is 5.91 Å². The quantitative estimate of drug-likeness (QED) is 0.874. The summed E-state index contributed by atoms with van der Waals surface area (Å²) in [7, 11) is 0. The van der Waals surface area contributed by atoms with Gasteiger partial charge < -0.3 is 5.32 Å². The molecule has 0 aliphatic rings. The zero-order valence-electron chi connectivity index (χ0n) is 10.6. The molecule has 0 heterocycles. The van der Waals surface area contributed by atoms with Crippen LogP contribution in [0.25, 0.3) is 0 Å². The predicted octanol–water partition coefficient (Wildman–Crippen LogP) is 3.83. The van der Waals surface area contributed by atoms with Crippen LogP contribution < -0.4 is 5.32 Å². The molecule has 2 rings (SSSR count). The third-order valence-electron chi connectivity index (χ3n) is 2.80. The van der Waals surface area contributed by atoms with Gasteiger partial charge in [0.1, 0.15) is 11.6 Å². The summed E-state index contributed by atoms with van der Waals surface area (Å²) < 4.78 is 26.9. The van der Waals surface area contributed by atoms with E-state index in [1.54, 1.807) is 32.0 Å². The highest BCUT2D eigenvalue weighted by atomic mass is 19.1. The minimum atomic E-state index is -0.601. The topological polar surface area (TPSA) is 29.1 Å². The third-order valence-corrected chi connectivity index (χ3v) is 2.80. The molecule has 0 aliphatic heterocycles. The van der Waals surface area contributed by atoms with Crippen LogP contribution in [0.4, 0.5) is 14.5 Å². The molecule has 1 amide bonds. The third kappa shape index (κ3) is 2.96. The molecule has 19 heavy (non-hydrogen) atoms. The average Bonchev–Trinajstić information content (AvgIpc) is 2.36. The smallest absolute Gasteiger partial charge is 0.258 e. The summed E-state index contributed by atoms with van der Waals surface area (Å²) in [4.78, 5) is 11.9. The first-order chi connectivity index (χ1) is 8.97. The van der Waals surface area contributed by atoms with Gasteiger partial charge in [0.25, 0.3) is 5.91 Å². The number of benzene rings is 2. The van der Waals surface area contributed by atoms with E-state index >= 15 is 0 Å². The number of anilines is 1. The van der Waals surface area contributed by atoms with Crippen molar-refractivity contribution in [1.29, 1.82) is 0 Å². The molecule has 1 N–H and O–H groups in total. The second kappa shape index (κ2) is 5.18. The van der Waals surface area contributed by atoms with Crippen LogP contribution in [0.15, 0.2) is 36.4 Å². The largest absolute Gasteiger partial charge is 0.322 e. The van der Waals surface area contributed by atoms with Gasteiger partial charge in [-0.2, -0.15) is 0 Å². The van der Waals surface area contributed by atoms with Gasteiger partial charge in [-0.15, -0.1) is 0 Å². The Hall–Kier alpha value is -2.23. The van der Waals surface area contributed by atoms with Crippen molar-refractivity contribution >= 4 is 11.6 Å². The molecule has 4 heteroatoms. The van der Waals surface area contributed by atoms with Crippen LogP contribution in [0.2, 0.25) is 0 Å². The van der Waals surface area contributed by atoms with Crippen molar-refractivity contribution < 1.29 is 13.6 Å². The minimum Gasteiger partial charge on any atom is -0.322 e. The first kappa shape index (κ1) is 13.2. The number of hydrogen-bond donors (Lipinski definition) is 1. The first-order valence-corrected chi connectivity index (χ1v) is 5.81. The molecule has 0 bridgehead atoms. The van der Waals surface area contributed by atoms with Gasteiger partial charge in [-0.05, 0) is 43.7 Å². The van der Waals surface area contributed by atoms with Gasteiger partial charge in [-0.1, -0.05) is 17.7 Å². The van der Waals surface area contributed by atoms with Crippen LogP contribution in [-0.2, 0) is 0 Å². The molecular formula is C15H13F2NO. The highest BCUT2D eigenvalue weighted by Gasteiger charge is 2.12. The maximum atomic E-state index is 13.5. The lowest BCUT2D eigenvalue weighted by atomic mass is 10.1. The van der Waals surface area contributed by atoms with Gasteiger partial charge in [-0.25, -0.2) is 8.78 Å². The number of rotatable bonds is 2. The molecule has 0 saturated heterocycles. The molecule has 98 valence electrons. The van der Waals surface area contributed by atoms with Crippen LogP contribution in [0, 0.1) is 25.5 Å². The van der Waals surface area contributed by atoms with Crippen molar-refractivity contribution in [2.45, 2.75) is 13.8 Å². The highest BCUT2D eigenvalue weighted by molar-refractivity contribution is 6.04. The highest BCUT2D eigenvalue weighted by Crippen LogP contribution is 2.16. The summed E-state index contributed by atoms with van der Waals surface area (Å²) >= 11 is 0. The van der Waals surface area contributed by atoms with Crippen molar-refractivity contribution in [3.8, 4) is 0 Å². The molecule has 0 aromatic heterocycles. The minimum absolute atomic E-state index is 0.0546. The number of aryl methyl sites for hydroxylation is 2. The molecule has 0 fully saturated rings. The van der Waals surface area contributed by atoms with Crippen molar-refractivity contribution in [2.75, 3.05) is 5.32 Å². The van der Waals surface area contributed by atoms with Gasteiger partial charge in [0.2, 0.25) is 0 Å². The first-order valence-electron chi connectivity index (χ1n) is 5.81. The van der Waals surface area contributed by atoms with Crippen molar-refractivity contribution in [2.24, 2.45) is 0 Å². The van der Waals surface area contributed by atoms with Crippen molar-refractivity contribution in [3.05, 3.63) is 64.7 Å². The fourth-order valence-corrected chi connectivity index (χ4v) is 1.68. The Balaban J connectivity index is 2.25. The van der Waals surface area contributed by atoms with Gasteiger partial charge in [-0.3, -0.25) is 4.79 Å². The maximum absolute atomic E-state index is 13.5. The lowest BCUT2D eigenvalue weighted by Crippen LogP contribution is -2.14. The summed E-state index contributed by atoms with van der Waals surface area (Å²) in [5, 5.41) is 2.48. The van der Waals surface area contributed by atoms with E-state index in [0.717, 1.165) is 5.56 Å². The van der Waals surface area contributed by atoms with E-state index in [4.69, 9.17) is 0 Å². The van der Waals surface area contributed by atoms with E-state index in [-0.39, 0.29) is 5.56 Å². The molecular weight excluding hydrogens is 248 g/mol. The van der Waals surface area contributed by atoms with Gasteiger partial charge in [0.05, 0.1) is 5.56 Å². The van der Waals surface area contributed by atoms with E-state index in [1.807, 2.05) is 0 Å². The standard InChI is InChI=1S/C15H13F2NO/c1-9-3-6-13(16)12(7-9)15(19)18-11-5-4-10(2)14(17)8-11/h3-8H,1-2H3,(H,18,19). The van der Waals surface area contributed by atoms with Crippen LogP contribution in [0.3, 0.4) is 0 Å². The Kier molecular flexibility index (Phi) is 3.60. The lowest BCUT2D eigenvalue weighted by Gasteiger charge is -2.07. The van der Waals surface area contributed by atoms with Gasteiger partial charge in [0, 0.05) is 5.69 Å². The number of nitrogens with one attached hydrogen (secondary N) is 1. The second-order valence-electron chi connectivity index (χ2n) is 4.40. The maximum Gasteiger partial charge on any atom is 0.258 e. The summed E-state index contributed by atoms with van der Waals surface area (Å²) in [6.45, 7) is 3.39. The summed E-state index contributed by atoms with van der Waals surface area (Å²) in [6, 6.07) is 8.61. The molecule has 0 unspecified atom stereocenters. The Morgan fingerprint density at radius 2 is 1.74 bits per heavy atom. The Morgan fingerprint density at radius 3 is 2.42 bits per heavy atom. The molecule has 2 aromatic rings. The molecule has 0 atom stereocenters. The molecule has 0 radical (unpaired) electrons. The van der Waals surface area contributed by atoms with E-state index in [0.29, 0.717) is 11.3 Å². The average molecular weight is 261 g/mol. The normalized spacial score (nSPS) is 10.3. The number of amides is 1. The fourth-order valence-electron chi connectivity index (χ4n) is 1.68. The molecule has 2 aromatic carbocycles. The van der Waals surface area contributed by atoms with Crippen LogP contribution >= 0.6 is 0 Å². The number of carbonyl (C=O) groups excluding carboxylic acids is 1. The monoisotopic (exact) mass is 261 g/mol. The Labute approximate surface area is 110 Å².